The van der Waals surface area contributed by atoms with Crippen molar-refractivity contribution in [3.8, 4) is 11.5 Å². The Labute approximate surface area is 328 Å². The van der Waals surface area contributed by atoms with Gasteiger partial charge in [-0.05, 0) is 35.7 Å². The molecule has 0 bridgehead atoms. The van der Waals surface area contributed by atoms with Gasteiger partial charge in [0.05, 0.1) is 16.6 Å². The smallest absolute Gasteiger partial charge is 0.160 e. The molecule has 9 heteroatoms. The first kappa shape index (κ1) is 31.7. The summed E-state index contributed by atoms with van der Waals surface area (Å²) in [5, 5.41) is 6.94. The molecule has 0 spiro atoms. The number of hydrogen-bond donors (Lipinski definition) is 0. The Hall–Kier alpha value is -6.76. The van der Waals surface area contributed by atoms with Gasteiger partial charge in [0.25, 0.3) is 0 Å². The summed E-state index contributed by atoms with van der Waals surface area (Å²) in [6.45, 7) is 1.98. The third-order valence-corrected chi connectivity index (χ3v) is 10.5. The molecule has 12 rings (SSSR count). The molecule has 0 unspecified atom stereocenters. The maximum absolute atomic E-state index is 6.58. The van der Waals surface area contributed by atoms with Crippen molar-refractivity contribution < 1.29 is 25.8 Å². The van der Waals surface area contributed by atoms with Gasteiger partial charge in [-0.25, -0.2) is 15.0 Å². The fraction of sp³-hybridized carbons (Fsp3) is 0. The summed E-state index contributed by atoms with van der Waals surface area (Å²) in [5.41, 5.74) is 7.88. The average Bonchev–Trinajstić information content (AvgIpc) is 3.89. The maximum Gasteiger partial charge on any atom is 0.160 e. The van der Waals surface area contributed by atoms with Crippen molar-refractivity contribution in [2.75, 3.05) is 9.80 Å². The van der Waals surface area contributed by atoms with E-state index in [1.54, 1.807) is 12.4 Å². The number of benzene rings is 6. The van der Waals surface area contributed by atoms with Crippen molar-refractivity contribution in [2.45, 2.75) is 0 Å². The Kier molecular flexibility index (Phi) is 7.00. The summed E-state index contributed by atoms with van der Waals surface area (Å²) >= 11 is 0. The summed E-state index contributed by atoms with van der Waals surface area (Å²) in [6, 6.07) is 53.2. The zero-order valence-corrected chi connectivity index (χ0v) is 31.1. The molecular weight excluding hydrogens is 862 g/mol. The summed E-state index contributed by atoms with van der Waals surface area (Å²) in [5.74, 6) is 2.58. The fourth-order valence-electron chi connectivity index (χ4n) is 8.28. The number of rotatable bonds is 4. The van der Waals surface area contributed by atoms with E-state index in [9.17, 15) is 0 Å². The number of pyridine rings is 1. The summed E-state index contributed by atoms with van der Waals surface area (Å²) in [6.07, 6.45) is 5.28. The van der Waals surface area contributed by atoms with Crippen LogP contribution < -0.4 is 14.5 Å². The molecule has 0 aliphatic carbocycles. The number of hydrogen-bond acceptors (Lipinski definition) is 6. The minimum absolute atomic E-state index is 0. The van der Waals surface area contributed by atoms with Crippen LogP contribution >= 0.6 is 0 Å². The molecule has 11 aromatic rings. The van der Waals surface area contributed by atoms with Gasteiger partial charge in [0, 0.05) is 83.9 Å². The first-order valence-corrected chi connectivity index (χ1v) is 17.8. The molecule has 0 fully saturated rings. The van der Waals surface area contributed by atoms with Crippen molar-refractivity contribution in [3.63, 3.8) is 0 Å². The van der Waals surface area contributed by atoms with Gasteiger partial charge in [-0.15, -0.1) is 42.4 Å². The van der Waals surface area contributed by atoms with Crippen LogP contribution in [0, 0.1) is 18.8 Å². The number of nitrogens with zero attached hydrogens (tertiary/aromatic N) is 7. The Morgan fingerprint density at radius 3 is 1.93 bits per heavy atom. The standard InChI is InChI=1S/C46H26N7O.Pt/c1-2-10-29(11-3-1)50-28-51(46-45(50)48-24-25-49-46)30-12-6-13-31(26-30)54-32-21-22-34-36-16-8-18-38-37-17-7-15-35-33-14-4-5-19-39(33)52(42(35)37)40-20-9-23-47-44(40)53(43(36)38)41(34)27-32;/h1-25,28H;/q-3;. The van der Waals surface area contributed by atoms with E-state index in [0.29, 0.717) is 17.3 Å². The van der Waals surface area contributed by atoms with Gasteiger partial charge in [0.2, 0.25) is 0 Å². The molecule has 0 radical (unpaired) electrons. The van der Waals surface area contributed by atoms with Gasteiger partial charge >= 0.3 is 0 Å². The molecule has 55 heavy (non-hydrogen) atoms. The zero-order chi connectivity index (χ0) is 35.3. The average molecular weight is 888 g/mol. The second-order valence-corrected chi connectivity index (χ2v) is 13.4. The zero-order valence-electron chi connectivity index (χ0n) is 28.9. The number of aromatic nitrogens is 5. The van der Waals surface area contributed by atoms with Crippen molar-refractivity contribution in [1.29, 1.82) is 0 Å². The summed E-state index contributed by atoms with van der Waals surface area (Å²) < 4.78 is 11.2. The molecule has 8 nitrogen and oxygen atoms in total. The molecule has 0 atom stereocenters. The van der Waals surface area contributed by atoms with Crippen molar-refractivity contribution >= 4 is 88.6 Å². The normalized spacial score (nSPS) is 12.8. The van der Waals surface area contributed by atoms with Gasteiger partial charge < -0.3 is 23.3 Å². The quantitative estimate of drug-likeness (QED) is 0.164. The second kappa shape index (κ2) is 12.1. The Balaban J connectivity index is 0.00000352. The van der Waals surface area contributed by atoms with Crippen LogP contribution in [-0.4, -0.2) is 23.8 Å². The van der Waals surface area contributed by atoms with E-state index in [1.165, 1.54) is 21.7 Å². The van der Waals surface area contributed by atoms with Gasteiger partial charge in [-0.1, -0.05) is 84.0 Å². The van der Waals surface area contributed by atoms with Gasteiger partial charge in [0.1, 0.15) is 11.6 Å². The van der Waals surface area contributed by atoms with E-state index in [-0.39, 0.29) is 21.1 Å². The van der Waals surface area contributed by atoms with Crippen LogP contribution in [0.5, 0.6) is 11.5 Å². The van der Waals surface area contributed by atoms with Crippen molar-refractivity contribution in [1.82, 2.24) is 23.8 Å². The number of fused-ring (bicyclic) bond motifs is 11. The van der Waals surface area contributed by atoms with Crippen LogP contribution in [0.15, 0.2) is 152 Å². The van der Waals surface area contributed by atoms with Gasteiger partial charge in [-0.3, -0.25) is 0 Å². The fourth-order valence-corrected chi connectivity index (χ4v) is 8.28. The molecular formula is C46H26N7OPt-3. The third-order valence-electron chi connectivity index (χ3n) is 10.5. The van der Waals surface area contributed by atoms with E-state index in [0.717, 1.165) is 61.1 Å². The molecule has 6 heterocycles. The molecule has 1 aliphatic rings. The summed E-state index contributed by atoms with van der Waals surface area (Å²) in [7, 11) is 0. The molecule has 0 amide bonds. The molecule has 0 saturated carbocycles. The first-order chi connectivity index (χ1) is 26.8. The second-order valence-electron chi connectivity index (χ2n) is 13.4. The maximum atomic E-state index is 6.58. The molecule has 0 N–H and O–H groups in total. The van der Waals surface area contributed by atoms with E-state index in [2.05, 4.69) is 104 Å². The number of anilines is 4. The predicted molar refractivity (Wildman–Crippen MR) is 215 cm³/mol. The van der Waals surface area contributed by atoms with Crippen LogP contribution in [0.3, 0.4) is 0 Å². The molecule has 6 aromatic carbocycles. The summed E-state index contributed by atoms with van der Waals surface area (Å²) in [4.78, 5) is 18.4. The van der Waals surface area contributed by atoms with Crippen molar-refractivity contribution in [3.05, 3.63) is 171 Å². The van der Waals surface area contributed by atoms with Crippen LogP contribution in [-0.2, 0) is 21.1 Å². The topological polar surface area (TPSA) is 63.2 Å². The van der Waals surface area contributed by atoms with E-state index in [1.807, 2.05) is 83.3 Å². The minimum Gasteiger partial charge on any atom is -0.509 e. The van der Waals surface area contributed by atoms with Crippen LogP contribution in [0.4, 0.5) is 23.0 Å². The van der Waals surface area contributed by atoms with Crippen LogP contribution in [0.2, 0.25) is 0 Å². The Bertz CT molecular complexity index is 3320. The predicted octanol–water partition coefficient (Wildman–Crippen LogP) is 10.9. The van der Waals surface area contributed by atoms with Crippen LogP contribution in [0.25, 0.3) is 65.5 Å². The molecule has 1 aliphatic heterocycles. The third kappa shape index (κ3) is 4.58. The monoisotopic (exact) mass is 887 g/mol. The minimum atomic E-state index is 0. The van der Waals surface area contributed by atoms with Crippen molar-refractivity contribution in [2.24, 2.45) is 0 Å². The first-order valence-electron chi connectivity index (χ1n) is 17.8. The van der Waals surface area contributed by atoms with E-state index >= 15 is 0 Å². The molecule has 0 saturated heterocycles. The molecule has 5 aromatic heterocycles. The number of ether oxygens (including phenoxy) is 1. The van der Waals surface area contributed by atoms with E-state index < -0.39 is 0 Å². The largest absolute Gasteiger partial charge is 0.509 e. The Morgan fingerprint density at radius 2 is 1.11 bits per heavy atom. The number of para-hydroxylation sites is 4. The van der Waals surface area contributed by atoms with E-state index in [4.69, 9.17) is 9.72 Å². The van der Waals surface area contributed by atoms with Gasteiger partial charge in [-0.2, -0.15) is 12.1 Å². The van der Waals surface area contributed by atoms with Gasteiger partial charge in [0.15, 0.2) is 5.65 Å². The molecule has 264 valence electrons. The SMILES string of the molecule is [Pt].[c-]1c(Oc2[c-]c3c(cc2)c2cccc4c5cccc6c7ccccc7n(c7cccnc7n3c24)c65)cccc1N1[CH-]N(c2ccccc2)c2nccnc21. The van der Waals surface area contributed by atoms with Crippen LogP contribution in [0.1, 0.15) is 0 Å². The Morgan fingerprint density at radius 1 is 0.473 bits per heavy atom.